The first-order valence-corrected chi connectivity index (χ1v) is 3.41. The molecule has 1 unspecified atom stereocenters. The molecule has 0 rings (SSSR count). The van der Waals surface area contributed by atoms with Gasteiger partial charge >= 0.3 is 0 Å². The zero-order valence-electron chi connectivity index (χ0n) is 6.94. The Morgan fingerprint density at radius 1 is 1.55 bits per heavy atom. The Morgan fingerprint density at radius 3 is 2.36 bits per heavy atom. The first-order chi connectivity index (χ1) is 5.13. The number of ether oxygens (including phenoxy) is 1. The van der Waals surface area contributed by atoms with Crippen LogP contribution in [-0.2, 0) is 9.53 Å². The molecule has 0 heterocycles. The Morgan fingerprint density at radius 2 is 2.09 bits per heavy atom. The number of methoxy groups -OCH3 is 1. The van der Waals surface area contributed by atoms with Gasteiger partial charge in [-0.05, 0) is 5.92 Å². The molecule has 0 radical (unpaired) electrons. The Bertz CT molecular complexity index is 152. The SMILES string of the molecule is COC(O)[C@@H](N=C=O)C(C)C. The van der Waals surface area contributed by atoms with Crippen LogP contribution in [0.15, 0.2) is 4.99 Å². The van der Waals surface area contributed by atoms with Gasteiger partial charge in [-0.2, -0.15) is 4.99 Å². The van der Waals surface area contributed by atoms with Crippen LogP contribution in [0, 0.1) is 5.92 Å². The summed E-state index contributed by atoms with van der Waals surface area (Å²) in [5.41, 5.74) is 0. The number of carbonyl (C=O) groups excluding carboxylic acids is 1. The van der Waals surface area contributed by atoms with Gasteiger partial charge < -0.3 is 9.84 Å². The van der Waals surface area contributed by atoms with E-state index in [-0.39, 0.29) is 5.92 Å². The fourth-order valence-electron chi connectivity index (χ4n) is 0.742. The van der Waals surface area contributed by atoms with Gasteiger partial charge in [0, 0.05) is 7.11 Å². The van der Waals surface area contributed by atoms with E-state index in [1.807, 2.05) is 13.8 Å². The van der Waals surface area contributed by atoms with Crippen LogP contribution in [0.1, 0.15) is 13.8 Å². The normalized spacial score (nSPS) is 15.7. The lowest BCUT2D eigenvalue weighted by molar-refractivity contribution is -0.0967. The molecule has 0 saturated carbocycles. The summed E-state index contributed by atoms with van der Waals surface area (Å²) in [5.74, 6) is 0.0615. The second-order valence-electron chi connectivity index (χ2n) is 2.58. The van der Waals surface area contributed by atoms with Gasteiger partial charge in [0.1, 0.15) is 6.04 Å². The molecule has 11 heavy (non-hydrogen) atoms. The molecule has 2 atom stereocenters. The third-order valence-corrected chi connectivity index (χ3v) is 1.42. The molecule has 0 aliphatic carbocycles. The Labute approximate surface area is 65.9 Å². The van der Waals surface area contributed by atoms with E-state index in [2.05, 4.69) is 9.73 Å². The van der Waals surface area contributed by atoms with Crippen molar-refractivity contribution in [3.05, 3.63) is 0 Å². The van der Waals surface area contributed by atoms with E-state index < -0.39 is 12.3 Å². The van der Waals surface area contributed by atoms with Crippen LogP contribution in [0.25, 0.3) is 0 Å². The molecule has 0 aromatic heterocycles. The molecule has 4 heteroatoms. The lowest BCUT2D eigenvalue weighted by Crippen LogP contribution is -2.30. The van der Waals surface area contributed by atoms with E-state index in [1.54, 1.807) is 0 Å². The van der Waals surface area contributed by atoms with Gasteiger partial charge in [0.25, 0.3) is 0 Å². The van der Waals surface area contributed by atoms with Crippen molar-refractivity contribution in [1.29, 1.82) is 0 Å². The monoisotopic (exact) mass is 159 g/mol. The van der Waals surface area contributed by atoms with Crippen molar-refractivity contribution < 1.29 is 14.6 Å². The Hall–Kier alpha value is -0.700. The molecule has 0 aliphatic heterocycles. The maximum Gasteiger partial charge on any atom is 0.235 e. The zero-order valence-corrected chi connectivity index (χ0v) is 6.94. The zero-order chi connectivity index (χ0) is 8.85. The van der Waals surface area contributed by atoms with Crippen LogP contribution in [0.2, 0.25) is 0 Å². The molecular weight excluding hydrogens is 146 g/mol. The summed E-state index contributed by atoms with van der Waals surface area (Å²) in [6, 6.07) is -0.516. The van der Waals surface area contributed by atoms with E-state index in [1.165, 1.54) is 13.2 Å². The van der Waals surface area contributed by atoms with Gasteiger partial charge in [-0.3, -0.25) is 0 Å². The summed E-state index contributed by atoms with van der Waals surface area (Å²) in [6.45, 7) is 3.68. The highest BCUT2D eigenvalue weighted by Gasteiger charge is 2.21. The molecule has 0 fully saturated rings. The molecule has 0 amide bonds. The summed E-state index contributed by atoms with van der Waals surface area (Å²) in [5, 5.41) is 9.12. The van der Waals surface area contributed by atoms with Crippen molar-refractivity contribution in [1.82, 2.24) is 0 Å². The van der Waals surface area contributed by atoms with E-state index in [0.29, 0.717) is 0 Å². The molecule has 1 N–H and O–H groups in total. The minimum Gasteiger partial charge on any atom is -0.366 e. The second-order valence-corrected chi connectivity index (χ2v) is 2.58. The third kappa shape index (κ3) is 3.28. The fraction of sp³-hybridized carbons (Fsp3) is 0.857. The number of aliphatic hydroxyl groups excluding tert-OH is 1. The van der Waals surface area contributed by atoms with Crippen molar-refractivity contribution in [2.24, 2.45) is 10.9 Å². The molecular formula is C7H13NO3. The average molecular weight is 159 g/mol. The first kappa shape index (κ1) is 10.3. The van der Waals surface area contributed by atoms with Crippen LogP contribution < -0.4 is 0 Å². The van der Waals surface area contributed by atoms with Crippen LogP contribution in [-0.4, -0.2) is 30.6 Å². The van der Waals surface area contributed by atoms with Crippen molar-refractivity contribution in [2.45, 2.75) is 26.2 Å². The van der Waals surface area contributed by atoms with E-state index in [4.69, 9.17) is 5.11 Å². The quantitative estimate of drug-likeness (QED) is 0.365. The molecule has 0 spiro atoms. The van der Waals surface area contributed by atoms with Crippen LogP contribution >= 0.6 is 0 Å². The standard InChI is InChI=1S/C7H13NO3/c1-5(2)6(8-4-9)7(10)11-3/h5-7,10H,1-3H3/t6-,7?/m0/s1. The maximum absolute atomic E-state index is 9.88. The Kier molecular flexibility index (Phi) is 4.70. The summed E-state index contributed by atoms with van der Waals surface area (Å²) >= 11 is 0. The largest absolute Gasteiger partial charge is 0.366 e. The number of rotatable bonds is 4. The summed E-state index contributed by atoms with van der Waals surface area (Å²) in [6.07, 6.45) is 0.382. The smallest absolute Gasteiger partial charge is 0.235 e. The van der Waals surface area contributed by atoms with Gasteiger partial charge in [0.05, 0.1) is 0 Å². The summed E-state index contributed by atoms with van der Waals surface area (Å²) < 4.78 is 4.61. The number of isocyanates is 1. The third-order valence-electron chi connectivity index (χ3n) is 1.42. The lowest BCUT2D eigenvalue weighted by atomic mass is 10.1. The number of hydrogen-bond acceptors (Lipinski definition) is 4. The van der Waals surface area contributed by atoms with Gasteiger partial charge in [-0.15, -0.1) is 0 Å². The summed E-state index contributed by atoms with van der Waals surface area (Å²) in [7, 11) is 1.36. The number of aliphatic hydroxyl groups is 1. The molecule has 0 aromatic rings. The topological polar surface area (TPSA) is 58.9 Å². The second kappa shape index (κ2) is 5.02. The van der Waals surface area contributed by atoms with Gasteiger partial charge in [0.15, 0.2) is 6.29 Å². The highest BCUT2D eigenvalue weighted by molar-refractivity contribution is 5.33. The van der Waals surface area contributed by atoms with Crippen LogP contribution in [0.3, 0.4) is 0 Å². The van der Waals surface area contributed by atoms with Gasteiger partial charge in [-0.1, -0.05) is 13.8 Å². The minimum atomic E-state index is -1.02. The highest BCUT2D eigenvalue weighted by Crippen LogP contribution is 2.10. The maximum atomic E-state index is 9.88. The van der Waals surface area contributed by atoms with Crippen molar-refractivity contribution >= 4 is 6.08 Å². The average Bonchev–Trinajstić information content (AvgIpc) is 1.98. The van der Waals surface area contributed by atoms with E-state index in [9.17, 15) is 4.79 Å². The van der Waals surface area contributed by atoms with Crippen LogP contribution in [0.4, 0.5) is 0 Å². The fourth-order valence-corrected chi connectivity index (χ4v) is 0.742. The first-order valence-electron chi connectivity index (χ1n) is 3.41. The van der Waals surface area contributed by atoms with Crippen molar-refractivity contribution in [3.8, 4) is 0 Å². The molecule has 0 aromatic carbocycles. The highest BCUT2D eigenvalue weighted by atomic mass is 16.6. The molecule has 0 saturated heterocycles. The van der Waals surface area contributed by atoms with Crippen molar-refractivity contribution in [3.63, 3.8) is 0 Å². The van der Waals surface area contributed by atoms with E-state index >= 15 is 0 Å². The predicted molar refractivity (Wildman–Crippen MR) is 39.8 cm³/mol. The van der Waals surface area contributed by atoms with Crippen molar-refractivity contribution in [2.75, 3.05) is 7.11 Å². The van der Waals surface area contributed by atoms with E-state index in [0.717, 1.165) is 0 Å². The molecule has 0 aliphatic rings. The number of aliphatic imine (C=N–C) groups is 1. The number of nitrogens with zero attached hydrogens (tertiary/aromatic N) is 1. The predicted octanol–water partition coefficient (Wildman–Crippen LogP) is 0.312. The molecule has 64 valence electrons. The summed E-state index contributed by atoms with van der Waals surface area (Å²) in [4.78, 5) is 13.3. The number of hydrogen-bond donors (Lipinski definition) is 1. The molecule has 4 nitrogen and oxygen atoms in total. The Balaban J connectivity index is 4.20. The minimum absolute atomic E-state index is 0.0615. The lowest BCUT2D eigenvalue weighted by Gasteiger charge is -2.18. The van der Waals surface area contributed by atoms with Gasteiger partial charge in [-0.25, -0.2) is 4.79 Å². The molecule has 0 bridgehead atoms. The van der Waals surface area contributed by atoms with Crippen LogP contribution in [0.5, 0.6) is 0 Å². The van der Waals surface area contributed by atoms with Gasteiger partial charge in [0.2, 0.25) is 6.08 Å².